The van der Waals surface area contributed by atoms with Crippen molar-refractivity contribution < 1.29 is 9.59 Å². The molecule has 1 atom stereocenters. The maximum absolute atomic E-state index is 13.4. The summed E-state index contributed by atoms with van der Waals surface area (Å²) in [6.07, 6.45) is 2.07. The predicted molar refractivity (Wildman–Crippen MR) is 113 cm³/mol. The lowest BCUT2D eigenvalue weighted by atomic mass is 9.87. The van der Waals surface area contributed by atoms with Crippen LogP contribution >= 0.6 is 0 Å². The van der Waals surface area contributed by atoms with E-state index in [2.05, 4.69) is 39.1 Å². The molecule has 146 valence electrons. The van der Waals surface area contributed by atoms with Gasteiger partial charge in [0.1, 0.15) is 5.41 Å². The Morgan fingerprint density at radius 3 is 2.29 bits per heavy atom. The van der Waals surface area contributed by atoms with Crippen molar-refractivity contribution in [2.24, 2.45) is 5.41 Å². The van der Waals surface area contributed by atoms with Crippen molar-refractivity contribution in [1.29, 1.82) is 0 Å². The van der Waals surface area contributed by atoms with E-state index in [9.17, 15) is 9.59 Å². The number of anilines is 2. The predicted octanol–water partition coefficient (Wildman–Crippen LogP) is 4.68. The molecule has 2 aromatic carbocycles. The molecule has 1 N–H and O–H groups in total. The zero-order valence-electron chi connectivity index (χ0n) is 17.1. The molecule has 0 radical (unpaired) electrons. The Hall–Kier alpha value is -2.62. The molecule has 1 aliphatic carbocycles. The van der Waals surface area contributed by atoms with E-state index in [0.29, 0.717) is 12.8 Å². The van der Waals surface area contributed by atoms with Gasteiger partial charge in [0, 0.05) is 17.4 Å². The van der Waals surface area contributed by atoms with Crippen molar-refractivity contribution in [3.05, 3.63) is 59.7 Å². The van der Waals surface area contributed by atoms with Gasteiger partial charge in [-0.05, 0) is 60.9 Å². The van der Waals surface area contributed by atoms with E-state index in [-0.39, 0.29) is 23.3 Å². The summed E-state index contributed by atoms with van der Waals surface area (Å²) in [6.45, 7) is 8.53. The number of hydrogen-bond acceptors (Lipinski definition) is 2. The van der Waals surface area contributed by atoms with Gasteiger partial charge in [0.15, 0.2) is 0 Å². The molecule has 2 aromatic rings. The minimum Gasteiger partial charge on any atom is -0.325 e. The molecule has 0 aromatic heterocycles. The molecule has 28 heavy (non-hydrogen) atoms. The molecular formula is C24H28N2O2. The van der Waals surface area contributed by atoms with Crippen LogP contribution in [0.15, 0.2) is 48.5 Å². The lowest BCUT2D eigenvalue weighted by molar-refractivity contribution is -0.132. The highest BCUT2D eigenvalue weighted by molar-refractivity contribution is 6.18. The fourth-order valence-electron chi connectivity index (χ4n) is 4.07. The molecule has 1 fully saturated rings. The highest BCUT2D eigenvalue weighted by Crippen LogP contribution is 2.50. The van der Waals surface area contributed by atoms with E-state index >= 15 is 0 Å². The molecule has 1 heterocycles. The van der Waals surface area contributed by atoms with Gasteiger partial charge in [-0.15, -0.1) is 0 Å². The van der Waals surface area contributed by atoms with E-state index in [4.69, 9.17) is 0 Å². The molecule has 4 rings (SSSR count). The first kappa shape index (κ1) is 18.7. The van der Waals surface area contributed by atoms with Gasteiger partial charge >= 0.3 is 0 Å². The topological polar surface area (TPSA) is 49.4 Å². The number of fused-ring (bicyclic) bond motifs is 1. The molecule has 4 heteroatoms. The van der Waals surface area contributed by atoms with Crippen LogP contribution in [-0.2, 0) is 21.4 Å². The largest absolute Gasteiger partial charge is 0.325 e. The van der Waals surface area contributed by atoms with Gasteiger partial charge in [0.25, 0.3) is 0 Å². The van der Waals surface area contributed by atoms with E-state index in [0.717, 1.165) is 17.8 Å². The standard InChI is InChI=1S/C24H28N2O2/c1-16-15-17-7-5-6-8-20(17)26(16)22(28)24(13-14-24)21(27)25-19-11-9-18(10-12-19)23(2,3)4/h5-12,16H,13-15H2,1-4H3,(H,25,27). The number of para-hydroxylation sites is 1. The van der Waals surface area contributed by atoms with Gasteiger partial charge in [-0.2, -0.15) is 0 Å². The molecule has 4 nitrogen and oxygen atoms in total. The summed E-state index contributed by atoms with van der Waals surface area (Å²) in [5.74, 6) is -0.244. The Labute approximate surface area is 166 Å². The van der Waals surface area contributed by atoms with E-state index in [1.807, 2.05) is 47.4 Å². The summed E-state index contributed by atoms with van der Waals surface area (Å²) in [6, 6.07) is 16.0. The van der Waals surface area contributed by atoms with E-state index in [1.54, 1.807) is 0 Å². The normalized spacial score (nSPS) is 19.9. The van der Waals surface area contributed by atoms with Gasteiger partial charge in [-0.25, -0.2) is 0 Å². The second-order valence-corrected chi connectivity index (χ2v) is 9.22. The first-order valence-corrected chi connectivity index (χ1v) is 10.1. The summed E-state index contributed by atoms with van der Waals surface area (Å²) >= 11 is 0. The first-order valence-electron chi connectivity index (χ1n) is 10.1. The van der Waals surface area contributed by atoms with Crippen molar-refractivity contribution >= 4 is 23.2 Å². The van der Waals surface area contributed by atoms with Crippen molar-refractivity contribution in [3.8, 4) is 0 Å². The van der Waals surface area contributed by atoms with Crippen LogP contribution in [0.2, 0.25) is 0 Å². The third-order valence-electron chi connectivity index (χ3n) is 6.03. The number of nitrogens with zero attached hydrogens (tertiary/aromatic N) is 1. The van der Waals surface area contributed by atoms with Gasteiger partial charge < -0.3 is 10.2 Å². The summed E-state index contributed by atoms with van der Waals surface area (Å²) < 4.78 is 0. The third-order valence-corrected chi connectivity index (χ3v) is 6.03. The Morgan fingerprint density at radius 2 is 1.68 bits per heavy atom. The lowest BCUT2D eigenvalue weighted by Gasteiger charge is -2.27. The quantitative estimate of drug-likeness (QED) is 0.791. The van der Waals surface area contributed by atoms with Gasteiger partial charge in [0.2, 0.25) is 11.8 Å². The van der Waals surface area contributed by atoms with E-state index < -0.39 is 5.41 Å². The van der Waals surface area contributed by atoms with E-state index in [1.165, 1.54) is 11.1 Å². The van der Waals surface area contributed by atoms with Crippen LogP contribution < -0.4 is 10.2 Å². The van der Waals surface area contributed by atoms with Crippen molar-refractivity contribution in [2.75, 3.05) is 10.2 Å². The Morgan fingerprint density at radius 1 is 1.04 bits per heavy atom. The van der Waals surface area contributed by atoms with Crippen LogP contribution in [0.4, 0.5) is 11.4 Å². The third kappa shape index (κ3) is 3.11. The Kier molecular flexibility index (Phi) is 4.33. The monoisotopic (exact) mass is 376 g/mol. The lowest BCUT2D eigenvalue weighted by Crippen LogP contribution is -2.45. The van der Waals surface area contributed by atoms with Gasteiger partial charge in [-0.3, -0.25) is 9.59 Å². The van der Waals surface area contributed by atoms with Crippen LogP contribution in [0, 0.1) is 5.41 Å². The second-order valence-electron chi connectivity index (χ2n) is 9.22. The average Bonchev–Trinajstić information content (AvgIpc) is 3.39. The highest BCUT2D eigenvalue weighted by Gasteiger charge is 2.59. The van der Waals surface area contributed by atoms with Crippen LogP contribution in [0.5, 0.6) is 0 Å². The van der Waals surface area contributed by atoms with Gasteiger partial charge in [0.05, 0.1) is 0 Å². The zero-order chi connectivity index (χ0) is 20.1. The molecular weight excluding hydrogens is 348 g/mol. The summed E-state index contributed by atoms with van der Waals surface area (Å²) in [4.78, 5) is 28.3. The first-order chi connectivity index (χ1) is 13.2. The minimum absolute atomic E-state index is 0.0613. The fraction of sp³-hybridized carbons (Fsp3) is 0.417. The SMILES string of the molecule is CC1Cc2ccccc2N1C(=O)C1(C(=O)Nc2ccc(C(C)(C)C)cc2)CC1. The molecule has 0 spiro atoms. The Bertz CT molecular complexity index is 920. The van der Waals surface area contributed by atoms with Crippen LogP contribution in [0.25, 0.3) is 0 Å². The number of benzene rings is 2. The maximum Gasteiger partial charge on any atom is 0.242 e. The summed E-state index contributed by atoms with van der Waals surface area (Å²) in [5.41, 5.74) is 3.23. The molecule has 1 saturated carbocycles. The zero-order valence-corrected chi connectivity index (χ0v) is 17.1. The number of nitrogens with one attached hydrogen (secondary N) is 1. The number of carbonyl (C=O) groups excluding carboxylic acids is 2. The molecule has 2 amide bonds. The molecule has 2 aliphatic rings. The number of rotatable bonds is 3. The molecule has 1 aliphatic heterocycles. The smallest absolute Gasteiger partial charge is 0.242 e. The highest BCUT2D eigenvalue weighted by atomic mass is 16.2. The molecule has 0 saturated heterocycles. The summed E-state index contributed by atoms with van der Waals surface area (Å²) in [7, 11) is 0. The fourth-order valence-corrected chi connectivity index (χ4v) is 4.07. The van der Waals surface area contributed by atoms with Crippen molar-refractivity contribution in [3.63, 3.8) is 0 Å². The molecule has 0 bridgehead atoms. The second kappa shape index (κ2) is 6.47. The van der Waals surface area contributed by atoms with Gasteiger partial charge in [-0.1, -0.05) is 51.1 Å². The summed E-state index contributed by atoms with van der Waals surface area (Å²) in [5, 5.41) is 2.98. The number of carbonyl (C=O) groups is 2. The van der Waals surface area contributed by atoms with Crippen molar-refractivity contribution in [1.82, 2.24) is 0 Å². The minimum atomic E-state index is -0.922. The molecule has 1 unspecified atom stereocenters. The number of hydrogen-bond donors (Lipinski definition) is 1. The van der Waals surface area contributed by atoms with Crippen molar-refractivity contribution in [2.45, 2.75) is 58.4 Å². The number of amides is 2. The maximum atomic E-state index is 13.4. The average molecular weight is 377 g/mol. The van der Waals surface area contributed by atoms with Crippen LogP contribution in [0.3, 0.4) is 0 Å². The van der Waals surface area contributed by atoms with Crippen LogP contribution in [-0.4, -0.2) is 17.9 Å². The Balaban J connectivity index is 1.53. The van der Waals surface area contributed by atoms with Crippen LogP contribution in [0.1, 0.15) is 51.7 Å².